The van der Waals surface area contributed by atoms with Crippen LogP contribution in [0.5, 0.6) is 5.75 Å². The zero-order chi connectivity index (χ0) is 14.5. The lowest BCUT2D eigenvalue weighted by molar-refractivity contribution is -0.385. The van der Waals surface area contributed by atoms with Crippen molar-refractivity contribution in [3.05, 3.63) is 63.5 Å². The van der Waals surface area contributed by atoms with Crippen molar-refractivity contribution in [3.63, 3.8) is 0 Å². The molecule has 0 fully saturated rings. The van der Waals surface area contributed by atoms with Crippen molar-refractivity contribution in [2.45, 2.75) is 13.5 Å². The summed E-state index contributed by atoms with van der Waals surface area (Å²) in [6.07, 6.45) is 1.53. The number of nitro benzene ring substituents is 1. The number of hydrogen-bond donors (Lipinski definition) is 0. The SMILES string of the molecule is Cc1c(OCc2cccnc2C#N)cccc1[N+](=O)[O-]. The molecule has 0 bridgehead atoms. The van der Waals surface area contributed by atoms with Gasteiger partial charge in [-0.05, 0) is 19.1 Å². The van der Waals surface area contributed by atoms with Gasteiger partial charge in [-0.1, -0.05) is 12.1 Å². The van der Waals surface area contributed by atoms with Gasteiger partial charge in [0, 0.05) is 17.8 Å². The van der Waals surface area contributed by atoms with E-state index in [0.717, 1.165) is 0 Å². The normalized spacial score (nSPS) is 9.80. The molecule has 0 aliphatic rings. The highest BCUT2D eigenvalue weighted by Crippen LogP contribution is 2.27. The number of nitrogens with zero attached hydrogens (tertiary/aromatic N) is 3. The van der Waals surface area contributed by atoms with E-state index >= 15 is 0 Å². The fourth-order valence-electron chi connectivity index (χ4n) is 1.77. The highest BCUT2D eigenvalue weighted by Gasteiger charge is 2.14. The third-order valence-electron chi connectivity index (χ3n) is 2.83. The molecule has 0 aliphatic carbocycles. The number of hydrogen-bond acceptors (Lipinski definition) is 5. The highest BCUT2D eigenvalue weighted by molar-refractivity contribution is 5.48. The second-order valence-electron chi connectivity index (χ2n) is 4.07. The van der Waals surface area contributed by atoms with Gasteiger partial charge in [0.2, 0.25) is 0 Å². The quantitative estimate of drug-likeness (QED) is 0.628. The van der Waals surface area contributed by atoms with Gasteiger partial charge in [0.05, 0.1) is 10.5 Å². The molecule has 0 N–H and O–H groups in total. The summed E-state index contributed by atoms with van der Waals surface area (Å²) in [4.78, 5) is 14.3. The number of aromatic nitrogens is 1. The zero-order valence-electron chi connectivity index (χ0n) is 10.7. The van der Waals surface area contributed by atoms with E-state index in [9.17, 15) is 10.1 Å². The van der Waals surface area contributed by atoms with Crippen molar-refractivity contribution in [2.75, 3.05) is 0 Å². The molecular formula is C14H11N3O3. The standard InChI is InChI=1S/C14H11N3O3/c1-10-13(17(18)19)5-2-6-14(10)20-9-11-4-3-7-16-12(11)8-15/h2-7H,9H2,1H3. The molecular weight excluding hydrogens is 258 g/mol. The van der Waals surface area contributed by atoms with Gasteiger partial charge in [0.15, 0.2) is 0 Å². The lowest BCUT2D eigenvalue weighted by Crippen LogP contribution is -2.02. The van der Waals surface area contributed by atoms with Gasteiger partial charge < -0.3 is 4.74 Å². The fourth-order valence-corrected chi connectivity index (χ4v) is 1.77. The van der Waals surface area contributed by atoms with Crippen molar-refractivity contribution < 1.29 is 9.66 Å². The summed E-state index contributed by atoms with van der Waals surface area (Å²) < 4.78 is 5.56. The molecule has 0 spiro atoms. The third kappa shape index (κ3) is 2.72. The van der Waals surface area contributed by atoms with E-state index in [-0.39, 0.29) is 18.0 Å². The first-order valence-electron chi connectivity index (χ1n) is 5.84. The Morgan fingerprint density at radius 2 is 2.20 bits per heavy atom. The minimum absolute atomic E-state index is 0.00851. The van der Waals surface area contributed by atoms with Crippen LogP contribution in [0.15, 0.2) is 36.5 Å². The molecule has 6 nitrogen and oxygen atoms in total. The van der Waals surface area contributed by atoms with Crippen LogP contribution in [0.3, 0.4) is 0 Å². The van der Waals surface area contributed by atoms with Crippen molar-refractivity contribution >= 4 is 5.69 Å². The van der Waals surface area contributed by atoms with E-state index in [0.29, 0.717) is 16.9 Å². The molecule has 0 aliphatic heterocycles. The van der Waals surface area contributed by atoms with Crippen LogP contribution in [-0.4, -0.2) is 9.91 Å². The average molecular weight is 269 g/mol. The van der Waals surface area contributed by atoms with Crippen LogP contribution >= 0.6 is 0 Å². The minimum Gasteiger partial charge on any atom is -0.488 e. The van der Waals surface area contributed by atoms with Crippen molar-refractivity contribution in [1.82, 2.24) is 4.98 Å². The van der Waals surface area contributed by atoms with Crippen LogP contribution < -0.4 is 4.74 Å². The predicted octanol–water partition coefficient (Wildman–Crippen LogP) is 2.75. The van der Waals surface area contributed by atoms with Crippen LogP contribution in [0.25, 0.3) is 0 Å². The number of pyridine rings is 1. The first-order valence-corrected chi connectivity index (χ1v) is 5.84. The second-order valence-corrected chi connectivity index (χ2v) is 4.07. The smallest absolute Gasteiger partial charge is 0.276 e. The van der Waals surface area contributed by atoms with Gasteiger partial charge in [0.1, 0.15) is 24.1 Å². The molecule has 0 amide bonds. The van der Waals surface area contributed by atoms with Crippen molar-refractivity contribution in [1.29, 1.82) is 5.26 Å². The molecule has 2 aromatic rings. The maximum absolute atomic E-state index is 10.8. The molecule has 0 atom stereocenters. The molecule has 0 radical (unpaired) electrons. The Labute approximate surface area is 115 Å². The van der Waals surface area contributed by atoms with E-state index < -0.39 is 4.92 Å². The zero-order valence-corrected chi connectivity index (χ0v) is 10.7. The average Bonchev–Trinajstić information content (AvgIpc) is 2.46. The molecule has 0 saturated carbocycles. The first kappa shape index (κ1) is 13.5. The van der Waals surface area contributed by atoms with Crippen LogP contribution in [0.4, 0.5) is 5.69 Å². The molecule has 2 rings (SSSR count). The molecule has 100 valence electrons. The molecule has 1 aromatic carbocycles. The van der Waals surface area contributed by atoms with Crippen LogP contribution in [0.1, 0.15) is 16.8 Å². The second kappa shape index (κ2) is 5.80. The van der Waals surface area contributed by atoms with Gasteiger partial charge in [-0.2, -0.15) is 5.26 Å². The largest absolute Gasteiger partial charge is 0.488 e. The van der Waals surface area contributed by atoms with E-state index in [2.05, 4.69) is 4.98 Å². The summed E-state index contributed by atoms with van der Waals surface area (Å²) in [5, 5.41) is 19.8. The molecule has 20 heavy (non-hydrogen) atoms. The Hall–Kier alpha value is -2.94. The summed E-state index contributed by atoms with van der Waals surface area (Å²) in [6, 6.07) is 10.1. The molecule has 1 heterocycles. The minimum atomic E-state index is -0.451. The van der Waals surface area contributed by atoms with E-state index in [4.69, 9.17) is 10.00 Å². The Balaban J connectivity index is 2.22. The number of benzene rings is 1. The number of rotatable bonds is 4. The topological polar surface area (TPSA) is 89.0 Å². The fraction of sp³-hybridized carbons (Fsp3) is 0.143. The van der Waals surface area contributed by atoms with Gasteiger partial charge in [-0.15, -0.1) is 0 Å². The lowest BCUT2D eigenvalue weighted by Gasteiger charge is -2.09. The van der Waals surface area contributed by atoms with Crippen molar-refractivity contribution in [2.24, 2.45) is 0 Å². The summed E-state index contributed by atoms with van der Waals surface area (Å²) in [5.74, 6) is 0.423. The van der Waals surface area contributed by atoms with E-state index in [1.165, 1.54) is 12.3 Å². The predicted molar refractivity (Wildman–Crippen MR) is 71.1 cm³/mol. The first-order chi connectivity index (χ1) is 9.63. The summed E-state index contributed by atoms with van der Waals surface area (Å²) in [7, 11) is 0. The van der Waals surface area contributed by atoms with Gasteiger partial charge >= 0.3 is 0 Å². The third-order valence-corrected chi connectivity index (χ3v) is 2.83. The maximum Gasteiger partial charge on any atom is 0.276 e. The van der Waals surface area contributed by atoms with Crippen LogP contribution in [-0.2, 0) is 6.61 Å². The summed E-state index contributed by atoms with van der Waals surface area (Å²) in [5.41, 5.74) is 1.39. The molecule has 0 unspecified atom stereocenters. The van der Waals surface area contributed by atoms with Gasteiger partial charge in [-0.3, -0.25) is 10.1 Å². The van der Waals surface area contributed by atoms with E-state index in [1.807, 2.05) is 6.07 Å². The number of nitro groups is 1. The summed E-state index contributed by atoms with van der Waals surface area (Å²) >= 11 is 0. The Morgan fingerprint density at radius 1 is 1.40 bits per heavy atom. The lowest BCUT2D eigenvalue weighted by atomic mass is 10.2. The number of nitriles is 1. The van der Waals surface area contributed by atoms with E-state index in [1.54, 1.807) is 31.2 Å². The Bertz CT molecular complexity index is 692. The molecule has 6 heteroatoms. The van der Waals surface area contributed by atoms with Crippen LogP contribution in [0, 0.1) is 28.4 Å². The van der Waals surface area contributed by atoms with Crippen molar-refractivity contribution in [3.8, 4) is 11.8 Å². The summed E-state index contributed by atoms with van der Waals surface area (Å²) in [6.45, 7) is 1.76. The van der Waals surface area contributed by atoms with Gasteiger partial charge in [0.25, 0.3) is 5.69 Å². The Morgan fingerprint density at radius 3 is 2.90 bits per heavy atom. The molecule has 1 aromatic heterocycles. The highest BCUT2D eigenvalue weighted by atomic mass is 16.6. The number of ether oxygens (including phenoxy) is 1. The monoisotopic (exact) mass is 269 g/mol. The van der Waals surface area contributed by atoms with Gasteiger partial charge in [-0.25, -0.2) is 4.98 Å². The maximum atomic E-state index is 10.8. The molecule has 0 saturated heterocycles. The Kier molecular flexibility index (Phi) is 3.91. The van der Waals surface area contributed by atoms with Crippen LogP contribution in [0.2, 0.25) is 0 Å².